The Morgan fingerprint density at radius 2 is 1.86 bits per heavy atom. The first-order valence-electron chi connectivity index (χ1n) is 6.72. The van der Waals surface area contributed by atoms with Crippen LogP contribution in [-0.4, -0.2) is 25.5 Å². The molecule has 0 saturated carbocycles. The van der Waals surface area contributed by atoms with Crippen LogP contribution in [0.1, 0.15) is 31.9 Å². The van der Waals surface area contributed by atoms with E-state index in [0.717, 1.165) is 4.47 Å². The molecular formula is C15H20BrF2NO2. The zero-order valence-electron chi connectivity index (χ0n) is 12.3. The van der Waals surface area contributed by atoms with Gasteiger partial charge in [-0.15, -0.1) is 0 Å². The number of rotatable bonds is 7. The highest BCUT2D eigenvalue weighted by Crippen LogP contribution is 2.24. The molecule has 3 nitrogen and oxygen atoms in total. The molecule has 1 aromatic rings. The molecule has 2 atom stereocenters. The van der Waals surface area contributed by atoms with Gasteiger partial charge < -0.3 is 4.74 Å². The van der Waals surface area contributed by atoms with Gasteiger partial charge in [-0.05, 0) is 30.0 Å². The van der Waals surface area contributed by atoms with Crippen LogP contribution in [0.15, 0.2) is 28.7 Å². The second kappa shape index (κ2) is 8.44. The zero-order chi connectivity index (χ0) is 16.0. The van der Waals surface area contributed by atoms with Crippen LogP contribution in [0.5, 0.6) is 0 Å². The van der Waals surface area contributed by atoms with E-state index < -0.39 is 24.5 Å². The van der Waals surface area contributed by atoms with Gasteiger partial charge in [0.15, 0.2) is 0 Å². The summed E-state index contributed by atoms with van der Waals surface area (Å²) in [5.41, 5.74) is 0.436. The number of carbonyl (C=O) groups excluding carboxylic acids is 1. The Morgan fingerprint density at radius 3 is 2.29 bits per heavy atom. The number of nitrogens with one attached hydrogen (secondary N) is 1. The van der Waals surface area contributed by atoms with Gasteiger partial charge in [-0.2, -0.15) is 0 Å². The predicted molar refractivity (Wildman–Crippen MR) is 81.3 cm³/mol. The molecular weight excluding hydrogens is 344 g/mol. The fourth-order valence-corrected chi connectivity index (χ4v) is 2.31. The van der Waals surface area contributed by atoms with Crippen molar-refractivity contribution in [2.75, 3.05) is 7.11 Å². The van der Waals surface area contributed by atoms with Gasteiger partial charge in [0.25, 0.3) is 6.43 Å². The first-order valence-corrected chi connectivity index (χ1v) is 7.52. The van der Waals surface area contributed by atoms with Gasteiger partial charge in [-0.3, -0.25) is 10.1 Å². The predicted octanol–water partition coefficient (Wildman–Crippen LogP) is 3.93. The summed E-state index contributed by atoms with van der Waals surface area (Å²) in [5.74, 6) is -0.337. The topological polar surface area (TPSA) is 38.3 Å². The Labute approximate surface area is 132 Å². The van der Waals surface area contributed by atoms with Gasteiger partial charge in [-0.25, -0.2) is 8.78 Å². The molecule has 0 saturated heterocycles. The van der Waals surface area contributed by atoms with Crippen molar-refractivity contribution in [1.29, 1.82) is 0 Å². The summed E-state index contributed by atoms with van der Waals surface area (Å²) in [4.78, 5) is 11.8. The lowest BCUT2D eigenvalue weighted by molar-refractivity contribution is -0.144. The third kappa shape index (κ3) is 5.71. The van der Waals surface area contributed by atoms with Crippen LogP contribution < -0.4 is 5.32 Å². The molecule has 0 heterocycles. The van der Waals surface area contributed by atoms with Gasteiger partial charge in [0, 0.05) is 4.47 Å². The molecule has 0 spiro atoms. The van der Waals surface area contributed by atoms with Crippen LogP contribution in [-0.2, 0) is 9.53 Å². The third-order valence-electron chi connectivity index (χ3n) is 3.05. The van der Waals surface area contributed by atoms with E-state index in [2.05, 4.69) is 21.2 Å². The molecule has 0 aliphatic carbocycles. The van der Waals surface area contributed by atoms with E-state index in [9.17, 15) is 13.6 Å². The van der Waals surface area contributed by atoms with Crippen LogP contribution in [0.2, 0.25) is 0 Å². The standard InChI is InChI=1S/C15H20BrF2NO2/c1-9(2)8-12(15(20)21-3)19-13(14(17)18)10-4-6-11(16)7-5-10/h4-7,9,12-14,19H,8H2,1-3H3/t12-,13+/m1/s1. The lowest BCUT2D eigenvalue weighted by atomic mass is 10.0. The summed E-state index contributed by atoms with van der Waals surface area (Å²) in [6, 6.07) is 4.65. The summed E-state index contributed by atoms with van der Waals surface area (Å²) < 4.78 is 32.2. The molecule has 0 aromatic heterocycles. The fourth-order valence-electron chi connectivity index (χ4n) is 2.05. The molecule has 0 amide bonds. The number of halogens is 3. The Bertz CT molecular complexity index is 451. The molecule has 1 N–H and O–H groups in total. The first-order chi connectivity index (χ1) is 9.85. The Balaban J connectivity index is 2.93. The maximum Gasteiger partial charge on any atom is 0.322 e. The minimum Gasteiger partial charge on any atom is -0.468 e. The molecule has 1 rings (SSSR count). The highest BCUT2D eigenvalue weighted by atomic mass is 79.9. The van der Waals surface area contributed by atoms with Crippen molar-refractivity contribution in [3.8, 4) is 0 Å². The van der Waals surface area contributed by atoms with Crippen LogP contribution >= 0.6 is 15.9 Å². The van der Waals surface area contributed by atoms with Crippen molar-refractivity contribution in [3.63, 3.8) is 0 Å². The van der Waals surface area contributed by atoms with Gasteiger partial charge in [0.1, 0.15) is 6.04 Å². The van der Waals surface area contributed by atoms with Crippen molar-refractivity contribution in [2.45, 2.75) is 38.8 Å². The van der Waals surface area contributed by atoms with E-state index in [1.165, 1.54) is 7.11 Å². The Hall–Kier alpha value is -1.01. The normalized spacial score (nSPS) is 14.3. The summed E-state index contributed by atoms with van der Waals surface area (Å²) >= 11 is 3.27. The number of esters is 1. The van der Waals surface area contributed by atoms with E-state index >= 15 is 0 Å². The van der Waals surface area contributed by atoms with Crippen molar-refractivity contribution < 1.29 is 18.3 Å². The van der Waals surface area contributed by atoms with Crippen LogP contribution in [0.3, 0.4) is 0 Å². The molecule has 1 aromatic carbocycles. The number of methoxy groups -OCH3 is 1. The summed E-state index contributed by atoms with van der Waals surface area (Å²) in [6.07, 6.45) is -2.18. The Kier molecular flexibility index (Phi) is 7.25. The molecule has 0 unspecified atom stereocenters. The number of benzene rings is 1. The summed E-state index contributed by atoms with van der Waals surface area (Å²) in [5, 5.41) is 2.73. The molecule has 0 radical (unpaired) electrons. The molecule has 118 valence electrons. The van der Waals surface area contributed by atoms with E-state index in [0.29, 0.717) is 12.0 Å². The van der Waals surface area contributed by atoms with E-state index in [1.807, 2.05) is 13.8 Å². The van der Waals surface area contributed by atoms with Crippen LogP contribution in [0, 0.1) is 5.92 Å². The fraction of sp³-hybridized carbons (Fsp3) is 0.533. The average Bonchev–Trinajstić information content (AvgIpc) is 2.43. The second-order valence-electron chi connectivity index (χ2n) is 5.24. The summed E-state index contributed by atoms with van der Waals surface area (Å²) in [6.45, 7) is 3.85. The van der Waals surface area contributed by atoms with Gasteiger partial charge in [0.2, 0.25) is 0 Å². The monoisotopic (exact) mass is 363 g/mol. The van der Waals surface area contributed by atoms with Crippen molar-refractivity contribution in [2.24, 2.45) is 5.92 Å². The molecule has 0 aliphatic heterocycles. The molecule has 0 bridgehead atoms. The van der Waals surface area contributed by atoms with Crippen molar-refractivity contribution >= 4 is 21.9 Å². The molecule has 0 aliphatic rings. The molecule has 6 heteroatoms. The maximum atomic E-state index is 13.3. The number of hydrogen-bond donors (Lipinski definition) is 1. The van der Waals surface area contributed by atoms with Gasteiger partial charge in [0.05, 0.1) is 13.2 Å². The highest BCUT2D eigenvalue weighted by Gasteiger charge is 2.29. The zero-order valence-corrected chi connectivity index (χ0v) is 13.9. The summed E-state index contributed by atoms with van der Waals surface area (Å²) in [7, 11) is 1.26. The minimum atomic E-state index is -2.62. The first kappa shape index (κ1) is 18.0. The SMILES string of the molecule is COC(=O)[C@@H](CC(C)C)N[C@@H](c1ccc(Br)cc1)C(F)F. The highest BCUT2D eigenvalue weighted by molar-refractivity contribution is 9.10. The van der Waals surface area contributed by atoms with E-state index in [-0.39, 0.29) is 5.92 Å². The van der Waals surface area contributed by atoms with E-state index in [1.54, 1.807) is 24.3 Å². The van der Waals surface area contributed by atoms with E-state index in [4.69, 9.17) is 4.74 Å². The Morgan fingerprint density at radius 1 is 1.29 bits per heavy atom. The number of hydrogen-bond acceptors (Lipinski definition) is 3. The van der Waals surface area contributed by atoms with Gasteiger partial charge >= 0.3 is 5.97 Å². The smallest absolute Gasteiger partial charge is 0.322 e. The van der Waals surface area contributed by atoms with Crippen molar-refractivity contribution in [3.05, 3.63) is 34.3 Å². The number of ether oxygens (including phenoxy) is 1. The largest absolute Gasteiger partial charge is 0.468 e. The minimum absolute atomic E-state index is 0.185. The van der Waals surface area contributed by atoms with Gasteiger partial charge in [-0.1, -0.05) is 41.9 Å². The quantitative estimate of drug-likeness (QED) is 0.745. The maximum absolute atomic E-state index is 13.3. The third-order valence-corrected chi connectivity index (χ3v) is 3.58. The molecule has 0 fully saturated rings. The van der Waals surface area contributed by atoms with Crippen LogP contribution in [0.25, 0.3) is 0 Å². The average molecular weight is 364 g/mol. The second-order valence-corrected chi connectivity index (χ2v) is 6.15. The molecule has 21 heavy (non-hydrogen) atoms. The number of carbonyl (C=O) groups is 1. The van der Waals surface area contributed by atoms with Crippen molar-refractivity contribution in [1.82, 2.24) is 5.32 Å². The lowest BCUT2D eigenvalue weighted by Gasteiger charge is -2.25. The number of alkyl halides is 2. The van der Waals surface area contributed by atoms with Crippen LogP contribution in [0.4, 0.5) is 8.78 Å². The lowest BCUT2D eigenvalue weighted by Crippen LogP contribution is -2.43.